The van der Waals surface area contributed by atoms with E-state index in [0.29, 0.717) is 12.5 Å². The molecule has 7 heteroatoms. The number of benzene rings is 1. The van der Waals surface area contributed by atoms with Crippen molar-refractivity contribution in [3.05, 3.63) is 48.0 Å². The van der Waals surface area contributed by atoms with Gasteiger partial charge in [-0.05, 0) is 51.0 Å². The van der Waals surface area contributed by atoms with Gasteiger partial charge in [0.05, 0.1) is 17.0 Å². The Balaban J connectivity index is 1.47. The number of nitrogens with zero attached hydrogens (tertiary/aromatic N) is 5. The third kappa shape index (κ3) is 3.86. The van der Waals surface area contributed by atoms with Crippen molar-refractivity contribution in [1.82, 2.24) is 19.9 Å². The summed E-state index contributed by atoms with van der Waals surface area (Å²) in [6.07, 6.45) is 5.11. The first kappa shape index (κ1) is 17.3. The lowest BCUT2D eigenvalue weighted by atomic mass is 9.97. The molecule has 1 aliphatic rings. The van der Waals surface area contributed by atoms with Crippen LogP contribution < -0.4 is 10.2 Å². The van der Waals surface area contributed by atoms with Crippen LogP contribution in [0.25, 0.3) is 11.0 Å². The summed E-state index contributed by atoms with van der Waals surface area (Å²) in [4.78, 5) is 32.5. The van der Waals surface area contributed by atoms with E-state index in [-0.39, 0.29) is 11.8 Å². The Labute approximate surface area is 157 Å². The van der Waals surface area contributed by atoms with Crippen LogP contribution in [-0.2, 0) is 4.79 Å². The zero-order valence-corrected chi connectivity index (χ0v) is 15.5. The first-order chi connectivity index (χ1) is 13.1. The highest BCUT2D eigenvalue weighted by molar-refractivity contribution is 5.94. The maximum Gasteiger partial charge on any atom is 0.229 e. The van der Waals surface area contributed by atoms with Crippen LogP contribution in [-0.4, -0.2) is 38.9 Å². The average molecular weight is 362 g/mol. The van der Waals surface area contributed by atoms with Crippen molar-refractivity contribution >= 4 is 28.6 Å². The van der Waals surface area contributed by atoms with E-state index in [1.54, 1.807) is 12.4 Å². The third-order valence-corrected chi connectivity index (χ3v) is 4.78. The predicted octanol–water partition coefficient (Wildman–Crippen LogP) is 2.89. The van der Waals surface area contributed by atoms with Crippen molar-refractivity contribution < 1.29 is 4.79 Å². The predicted molar refractivity (Wildman–Crippen MR) is 105 cm³/mol. The minimum Gasteiger partial charge on any atom is -0.340 e. The smallest absolute Gasteiger partial charge is 0.229 e. The average Bonchev–Trinajstić information content (AvgIpc) is 2.67. The molecule has 1 N–H and O–H groups in total. The van der Waals surface area contributed by atoms with Gasteiger partial charge in [0.25, 0.3) is 0 Å². The number of rotatable bonds is 3. The topological polar surface area (TPSA) is 83.9 Å². The van der Waals surface area contributed by atoms with Gasteiger partial charge < -0.3 is 10.2 Å². The number of nitrogens with one attached hydrogen (secondary N) is 1. The Morgan fingerprint density at radius 1 is 1.07 bits per heavy atom. The molecule has 0 bridgehead atoms. The highest BCUT2D eigenvalue weighted by atomic mass is 16.1. The van der Waals surface area contributed by atoms with Gasteiger partial charge in [-0.25, -0.2) is 9.97 Å². The summed E-state index contributed by atoms with van der Waals surface area (Å²) in [6.45, 7) is 5.43. The minimum absolute atomic E-state index is 0.0207. The number of piperidine rings is 1. The highest BCUT2D eigenvalue weighted by Crippen LogP contribution is 2.23. The van der Waals surface area contributed by atoms with Gasteiger partial charge in [0.2, 0.25) is 11.9 Å². The van der Waals surface area contributed by atoms with Crippen LogP contribution >= 0.6 is 0 Å². The lowest BCUT2D eigenvalue weighted by molar-refractivity contribution is -0.120. The molecule has 1 fully saturated rings. The molecule has 27 heavy (non-hydrogen) atoms. The number of carbonyl (C=O) groups is 1. The first-order valence-electron chi connectivity index (χ1n) is 9.17. The van der Waals surface area contributed by atoms with Crippen LogP contribution in [0.1, 0.15) is 24.2 Å². The molecule has 2 aromatic heterocycles. The number of aromatic nitrogens is 4. The van der Waals surface area contributed by atoms with Gasteiger partial charge in [-0.15, -0.1) is 0 Å². The van der Waals surface area contributed by atoms with Crippen molar-refractivity contribution in [3.8, 4) is 0 Å². The summed E-state index contributed by atoms with van der Waals surface area (Å²) < 4.78 is 0. The van der Waals surface area contributed by atoms with Crippen molar-refractivity contribution in [2.75, 3.05) is 23.3 Å². The van der Waals surface area contributed by atoms with E-state index in [0.717, 1.165) is 47.5 Å². The summed E-state index contributed by atoms with van der Waals surface area (Å²) >= 11 is 0. The molecule has 3 aromatic rings. The second-order valence-electron chi connectivity index (χ2n) is 6.98. The zero-order chi connectivity index (χ0) is 18.8. The van der Waals surface area contributed by atoms with E-state index in [9.17, 15) is 4.79 Å². The Kier molecular flexibility index (Phi) is 4.66. The third-order valence-electron chi connectivity index (χ3n) is 4.78. The molecule has 0 radical (unpaired) electrons. The van der Waals surface area contributed by atoms with Gasteiger partial charge in [-0.2, -0.15) is 0 Å². The van der Waals surface area contributed by atoms with E-state index in [1.807, 2.05) is 38.1 Å². The Morgan fingerprint density at radius 3 is 2.59 bits per heavy atom. The number of fused-ring (bicyclic) bond motifs is 1. The first-order valence-corrected chi connectivity index (χ1v) is 9.17. The molecule has 3 heterocycles. The summed E-state index contributed by atoms with van der Waals surface area (Å²) in [5.74, 6) is 0.638. The van der Waals surface area contributed by atoms with E-state index < -0.39 is 0 Å². The summed E-state index contributed by atoms with van der Waals surface area (Å²) in [5.41, 5.74) is 4.21. The van der Waals surface area contributed by atoms with Crippen LogP contribution in [0.15, 0.2) is 36.7 Å². The number of anilines is 2. The number of carbonyl (C=O) groups excluding carboxylic acids is 1. The van der Waals surface area contributed by atoms with Crippen LogP contribution in [0, 0.1) is 19.8 Å². The molecule has 1 unspecified atom stereocenters. The van der Waals surface area contributed by atoms with Crippen LogP contribution in [0.5, 0.6) is 0 Å². The van der Waals surface area contributed by atoms with Crippen molar-refractivity contribution in [1.29, 1.82) is 0 Å². The molecule has 1 amide bonds. The second-order valence-corrected chi connectivity index (χ2v) is 6.98. The summed E-state index contributed by atoms with van der Waals surface area (Å²) in [7, 11) is 0. The molecule has 0 saturated carbocycles. The van der Waals surface area contributed by atoms with Gasteiger partial charge in [0.15, 0.2) is 0 Å². The maximum atomic E-state index is 12.8. The van der Waals surface area contributed by atoms with Gasteiger partial charge >= 0.3 is 0 Å². The molecule has 1 atom stereocenters. The Bertz CT molecular complexity index is 969. The normalized spacial score (nSPS) is 17.1. The van der Waals surface area contributed by atoms with Crippen molar-refractivity contribution in [2.24, 2.45) is 5.92 Å². The molecule has 1 aliphatic heterocycles. The Morgan fingerprint density at radius 2 is 1.81 bits per heavy atom. The number of amides is 1. The molecular weight excluding hydrogens is 340 g/mol. The van der Waals surface area contributed by atoms with Gasteiger partial charge in [0.1, 0.15) is 0 Å². The largest absolute Gasteiger partial charge is 0.340 e. The quantitative estimate of drug-likeness (QED) is 0.771. The van der Waals surface area contributed by atoms with Gasteiger partial charge in [-0.1, -0.05) is 0 Å². The number of hydrogen-bond donors (Lipinski definition) is 1. The molecule has 7 nitrogen and oxygen atoms in total. The fourth-order valence-electron chi connectivity index (χ4n) is 3.51. The van der Waals surface area contributed by atoms with E-state index in [1.165, 1.54) is 0 Å². The standard InChI is InChI=1S/C20H22N6O/c1-13-10-14(2)24-20(23-13)26-9-3-4-15(12-26)19(27)25-16-5-6-17-18(11-16)22-8-7-21-17/h5-8,10-11,15H,3-4,9,12H2,1-2H3,(H,25,27). The van der Waals surface area contributed by atoms with Crippen LogP contribution in [0.4, 0.5) is 11.6 Å². The molecule has 1 saturated heterocycles. The molecule has 0 aliphatic carbocycles. The molecular formula is C20H22N6O. The SMILES string of the molecule is Cc1cc(C)nc(N2CCCC(C(=O)Nc3ccc4nccnc4c3)C2)n1. The van der Waals surface area contributed by atoms with Crippen LogP contribution in [0.2, 0.25) is 0 Å². The fraction of sp³-hybridized carbons (Fsp3) is 0.350. The Hall–Kier alpha value is -3.09. The van der Waals surface area contributed by atoms with E-state index in [4.69, 9.17) is 0 Å². The monoisotopic (exact) mass is 362 g/mol. The molecule has 138 valence electrons. The zero-order valence-electron chi connectivity index (χ0n) is 15.5. The van der Waals surface area contributed by atoms with Gasteiger partial charge in [0, 0.05) is 42.6 Å². The van der Waals surface area contributed by atoms with Crippen LogP contribution in [0.3, 0.4) is 0 Å². The van der Waals surface area contributed by atoms with E-state index in [2.05, 4.69) is 30.2 Å². The lowest BCUT2D eigenvalue weighted by Gasteiger charge is -2.32. The molecule has 4 rings (SSSR count). The van der Waals surface area contributed by atoms with Crippen molar-refractivity contribution in [3.63, 3.8) is 0 Å². The number of aryl methyl sites for hydroxylation is 2. The van der Waals surface area contributed by atoms with E-state index >= 15 is 0 Å². The number of hydrogen-bond acceptors (Lipinski definition) is 6. The molecule has 1 aromatic carbocycles. The minimum atomic E-state index is -0.0966. The highest BCUT2D eigenvalue weighted by Gasteiger charge is 2.27. The maximum absolute atomic E-state index is 12.8. The lowest BCUT2D eigenvalue weighted by Crippen LogP contribution is -2.41. The fourth-order valence-corrected chi connectivity index (χ4v) is 3.51. The van der Waals surface area contributed by atoms with Gasteiger partial charge in [-0.3, -0.25) is 14.8 Å². The van der Waals surface area contributed by atoms with Crippen molar-refractivity contribution in [2.45, 2.75) is 26.7 Å². The summed E-state index contributed by atoms with van der Waals surface area (Å²) in [6, 6.07) is 7.55. The second kappa shape index (κ2) is 7.26. The summed E-state index contributed by atoms with van der Waals surface area (Å²) in [5, 5.41) is 3.02. The molecule has 0 spiro atoms.